The molecule has 0 bridgehead atoms. The summed E-state index contributed by atoms with van der Waals surface area (Å²) < 4.78 is 0.815. The molecule has 1 aliphatic heterocycles. The average Bonchev–Trinajstić information content (AvgIpc) is 3.01. The molecule has 4 rings (SSSR count). The van der Waals surface area contributed by atoms with Gasteiger partial charge < -0.3 is 14.9 Å². The zero-order chi connectivity index (χ0) is 18.3. The van der Waals surface area contributed by atoms with Gasteiger partial charge in [-0.05, 0) is 18.6 Å². The van der Waals surface area contributed by atoms with Crippen molar-refractivity contribution in [3.8, 4) is 11.3 Å². The van der Waals surface area contributed by atoms with E-state index in [1.807, 2.05) is 0 Å². The van der Waals surface area contributed by atoms with Crippen LogP contribution in [0.3, 0.4) is 0 Å². The van der Waals surface area contributed by atoms with Gasteiger partial charge in [0.2, 0.25) is 11.2 Å². The van der Waals surface area contributed by atoms with E-state index in [9.17, 15) is 9.90 Å². The number of rotatable bonds is 2. The maximum absolute atomic E-state index is 11.4. The van der Waals surface area contributed by atoms with E-state index in [0.717, 1.165) is 30.9 Å². The number of piperazine rings is 1. The van der Waals surface area contributed by atoms with Crippen molar-refractivity contribution >= 4 is 34.7 Å². The molecule has 0 aliphatic carbocycles. The summed E-state index contributed by atoms with van der Waals surface area (Å²) in [5.74, 6) is 0.636. The summed E-state index contributed by atoms with van der Waals surface area (Å²) in [4.78, 5) is 32.5. The minimum absolute atomic E-state index is 0.0127. The molecule has 0 radical (unpaired) electrons. The largest absolute Gasteiger partial charge is 0.463 e. The van der Waals surface area contributed by atoms with E-state index in [-0.39, 0.29) is 10.8 Å². The SMILES string of the molecule is CN1CCN(c2ncc(-c3nn(C(=O)O)c4cnc(Cl)nc34)cn2)CC1. The molecule has 0 unspecified atom stereocenters. The minimum Gasteiger partial charge on any atom is -0.463 e. The molecule has 3 aromatic rings. The van der Waals surface area contributed by atoms with E-state index in [4.69, 9.17) is 11.6 Å². The predicted molar refractivity (Wildman–Crippen MR) is 94.5 cm³/mol. The molecule has 26 heavy (non-hydrogen) atoms. The number of likely N-dealkylation sites (N-methyl/N-ethyl adjacent to an activating group) is 1. The van der Waals surface area contributed by atoms with Crippen LogP contribution in [0.2, 0.25) is 5.28 Å². The number of carboxylic acid groups (broad SMARTS) is 1. The smallest absolute Gasteiger partial charge is 0.432 e. The molecule has 1 N–H and O–H groups in total. The van der Waals surface area contributed by atoms with Gasteiger partial charge in [0.05, 0.1) is 6.20 Å². The van der Waals surface area contributed by atoms with Crippen LogP contribution < -0.4 is 4.90 Å². The molecule has 1 aliphatic rings. The Morgan fingerprint density at radius 3 is 2.46 bits per heavy atom. The van der Waals surface area contributed by atoms with Gasteiger partial charge in [-0.3, -0.25) is 0 Å². The summed E-state index contributed by atoms with van der Waals surface area (Å²) in [6.45, 7) is 3.62. The van der Waals surface area contributed by atoms with E-state index in [1.165, 1.54) is 6.20 Å². The lowest BCUT2D eigenvalue weighted by Gasteiger charge is -2.32. The molecular formula is C15H15ClN8O2. The molecular weight excluding hydrogens is 360 g/mol. The number of halogens is 1. The number of anilines is 1. The highest BCUT2D eigenvalue weighted by molar-refractivity contribution is 6.28. The third kappa shape index (κ3) is 2.93. The first kappa shape index (κ1) is 16.6. The van der Waals surface area contributed by atoms with Crippen LogP contribution in [0.25, 0.3) is 22.3 Å². The lowest BCUT2D eigenvalue weighted by atomic mass is 10.2. The van der Waals surface area contributed by atoms with Gasteiger partial charge in [-0.15, -0.1) is 0 Å². The molecule has 3 aromatic heterocycles. The van der Waals surface area contributed by atoms with Crippen molar-refractivity contribution < 1.29 is 9.90 Å². The highest BCUT2D eigenvalue weighted by atomic mass is 35.5. The van der Waals surface area contributed by atoms with Crippen LogP contribution >= 0.6 is 11.6 Å². The Kier molecular flexibility index (Phi) is 4.13. The van der Waals surface area contributed by atoms with Crippen molar-refractivity contribution in [1.82, 2.24) is 34.6 Å². The first-order chi connectivity index (χ1) is 12.5. The Morgan fingerprint density at radius 2 is 1.81 bits per heavy atom. The fourth-order valence-corrected chi connectivity index (χ4v) is 2.97. The van der Waals surface area contributed by atoms with Gasteiger partial charge in [0, 0.05) is 44.1 Å². The molecule has 134 valence electrons. The third-order valence-corrected chi connectivity index (χ3v) is 4.45. The molecule has 4 heterocycles. The number of carbonyl (C=O) groups is 1. The molecule has 0 aromatic carbocycles. The second kappa shape index (κ2) is 6.46. The molecule has 0 saturated carbocycles. The zero-order valence-corrected chi connectivity index (χ0v) is 14.6. The Hall–Kier alpha value is -2.85. The highest BCUT2D eigenvalue weighted by Gasteiger charge is 2.20. The highest BCUT2D eigenvalue weighted by Crippen LogP contribution is 2.26. The summed E-state index contributed by atoms with van der Waals surface area (Å²) in [5.41, 5.74) is 1.49. The van der Waals surface area contributed by atoms with Crippen molar-refractivity contribution in [1.29, 1.82) is 0 Å². The summed E-state index contributed by atoms with van der Waals surface area (Å²) in [6.07, 6.45) is 3.33. The lowest BCUT2D eigenvalue weighted by molar-refractivity contribution is 0.194. The Morgan fingerprint density at radius 1 is 1.12 bits per heavy atom. The van der Waals surface area contributed by atoms with Crippen molar-refractivity contribution in [2.75, 3.05) is 38.1 Å². The fourth-order valence-electron chi connectivity index (χ4n) is 2.84. The maximum atomic E-state index is 11.4. The monoisotopic (exact) mass is 374 g/mol. The topological polar surface area (TPSA) is 113 Å². The van der Waals surface area contributed by atoms with Crippen molar-refractivity contribution in [2.24, 2.45) is 0 Å². The minimum atomic E-state index is -1.23. The van der Waals surface area contributed by atoms with Gasteiger partial charge in [0.25, 0.3) is 0 Å². The zero-order valence-electron chi connectivity index (χ0n) is 13.9. The summed E-state index contributed by atoms with van der Waals surface area (Å²) in [5, 5.41) is 13.4. The Labute approximate surface area is 153 Å². The van der Waals surface area contributed by atoms with Gasteiger partial charge in [0.1, 0.15) is 16.7 Å². The summed E-state index contributed by atoms with van der Waals surface area (Å²) in [6, 6.07) is 0. The Balaban J connectivity index is 1.71. The van der Waals surface area contributed by atoms with Crippen LogP contribution in [0, 0.1) is 0 Å². The molecule has 1 saturated heterocycles. The van der Waals surface area contributed by atoms with E-state index in [2.05, 4.69) is 41.9 Å². The normalized spacial score (nSPS) is 15.5. The molecule has 11 heteroatoms. The average molecular weight is 375 g/mol. The number of aromatic nitrogens is 6. The second-order valence-electron chi connectivity index (χ2n) is 5.98. The van der Waals surface area contributed by atoms with Gasteiger partial charge in [-0.2, -0.15) is 9.78 Å². The number of nitrogens with zero attached hydrogens (tertiary/aromatic N) is 8. The molecule has 10 nitrogen and oxygen atoms in total. The number of hydrogen-bond acceptors (Lipinski definition) is 8. The van der Waals surface area contributed by atoms with Crippen molar-refractivity contribution in [2.45, 2.75) is 0 Å². The van der Waals surface area contributed by atoms with E-state index in [0.29, 0.717) is 22.7 Å². The van der Waals surface area contributed by atoms with Crippen LogP contribution in [0.4, 0.5) is 10.7 Å². The summed E-state index contributed by atoms with van der Waals surface area (Å²) in [7, 11) is 2.08. The third-order valence-electron chi connectivity index (χ3n) is 4.27. The van der Waals surface area contributed by atoms with Crippen LogP contribution in [0.15, 0.2) is 18.6 Å². The van der Waals surface area contributed by atoms with Crippen LogP contribution in [0.1, 0.15) is 0 Å². The molecule has 0 atom stereocenters. The van der Waals surface area contributed by atoms with Crippen LogP contribution in [-0.4, -0.2) is 79.0 Å². The first-order valence-electron chi connectivity index (χ1n) is 7.93. The standard InChI is InChI=1S/C15H15ClN8O2/c1-22-2-4-23(5-3-22)14-18-6-9(7-19-14)11-12-10(8-17-13(16)20-12)24(21-11)15(25)26/h6-8H,2-5H2,1H3,(H,25,26). The van der Waals surface area contributed by atoms with Crippen LogP contribution in [-0.2, 0) is 0 Å². The van der Waals surface area contributed by atoms with Crippen molar-refractivity contribution in [3.63, 3.8) is 0 Å². The van der Waals surface area contributed by atoms with E-state index >= 15 is 0 Å². The van der Waals surface area contributed by atoms with Crippen molar-refractivity contribution in [3.05, 3.63) is 23.9 Å². The molecule has 0 amide bonds. The van der Waals surface area contributed by atoms with Crippen LogP contribution in [0.5, 0.6) is 0 Å². The number of fused-ring (bicyclic) bond motifs is 1. The van der Waals surface area contributed by atoms with Gasteiger partial charge in [-0.1, -0.05) is 0 Å². The van der Waals surface area contributed by atoms with E-state index < -0.39 is 6.09 Å². The maximum Gasteiger partial charge on any atom is 0.432 e. The lowest BCUT2D eigenvalue weighted by Crippen LogP contribution is -2.45. The second-order valence-corrected chi connectivity index (χ2v) is 6.32. The molecule has 0 spiro atoms. The van der Waals surface area contributed by atoms with Gasteiger partial charge in [0.15, 0.2) is 0 Å². The quantitative estimate of drug-likeness (QED) is 0.661. The number of hydrogen-bond donors (Lipinski definition) is 1. The van der Waals surface area contributed by atoms with Gasteiger partial charge in [-0.25, -0.2) is 24.7 Å². The summed E-state index contributed by atoms with van der Waals surface area (Å²) >= 11 is 5.86. The van der Waals surface area contributed by atoms with Gasteiger partial charge >= 0.3 is 6.09 Å². The van der Waals surface area contributed by atoms with E-state index in [1.54, 1.807) is 12.4 Å². The molecule has 1 fully saturated rings. The predicted octanol–water partition coefficient (Wildman–Crippen LogP) is 1.21. The fraction of sp³-hybridized carbons (Fsp3) is 0.333. The first-order valence-corrected chi connectivity index (χ1v) is 8.31. The Bertz CT molecular complexity index is 966.